The maximum Gasteiger partial charge on any atom is 0.418 e. The van der Waals surface area contributed by atoms with E-state index in [4.69, 9.17) is 4.74 Å². The first-order valence-electron chi connectivity index (χ1n) is 6.90. The first-order chi connectivity index (χ1) is 11.1. The average molecular weight is 359 g/mol. The summed E-state index contributed by atoms with van der Waals surface area (Å²) in [5, 5.41) is 0. The van der Waals surface area contributed by atoms with Crippen LogP contribution < -0.4 is 9.46 Å². The molecule has 1 N–H and O–H groups in total. The number of benzene rings is 2. The van der Waals surface area contributed by atoms with Crippen molar-refractivity contribution in [2.45, 2.75) is 24.9 Å². The van der Waals surface area contributed by atoms with E-state index < -0.39 is 27.5 Å². The Morgan fingerprint density at radius 1 is 1.04 bits per heavy atom. The van der Waals surface area contributed by atoms with E-state index in [9.17, 15) is 21.6 Å². The lowest BCUT2D eigenvalue weighted by molar-refractivity contribution is -0.136. The summed E-state index contributed by atoms with van der Waals surface area (Å²) in [7, 11) is -2.73. The van der Waals surface area contributed by atoms with Crippen LogP contribution in [0, 0.1) is 13.8 Å². The maximum absolute atomic E-state index is 13.0. The molecule has 0 aliphatic rings. The molecule has 2 aromatic carbocycles. The second-order valence-corrected chi connectivity index (χ2v) is 6.89. The van der Waals surface area contributed by atoms with Gasteiger partial charge in [0.25, 0.3) is 10.0 Å². The van der Waals surface area contributed by atoms with Gasteiger partial charge < -0.3 is 4.74 Å². The van der Waals surface area contributed by atoms with E-state index >= 15 is 0 Å². The number of sulfonamides is 1. The number of para-hydroxylation sites is 1. The minimum absolute atomic E-state index is 0.0993. The van der Waals surface area contributed by atoms with E-state index in [1.165, 1.54) is 31.4 Å². The van der Waals surface area contributed by atoms with Crippen molar-refractivity contribution in [2.24, 2.45) is 0 Å². The van der Waals surface area contributed by atoms with Gasteiger partial charge in [0, 0.05) is 0 Å². The molecule has 0 atom stereocenters. The highest BCUT2D eigenvalue weighted by molar-refractivity contribution is 7.92. The molecule has 2 rings (SSSR count). The summed E-state index contributed by atoms with van der Waals surface area (Å²) in [5.41, 5.74) is -0.628. The first kappa shape index (κ1) is 18.1. The summed E-state index contributed by atoms with van der Waals surface area (Å²) in [6, 6.07) is 7.32. The van der Waals surface area contributed by atoms with Gasteiger partial charge in [-0.25, -0.2) is 8.42 Å². The Hall–Kier alpha value is -2.22. The lowest BCUT2D eigenvalue weighted by Crippen LogP contribution is -2.18. The fraction of sp³-hybridized carbons (Fsp3) is 0.250. The van der Waals surface area contributed by atoms with Gasteiger partial charge in [0.15, 0.2) is 0 Å². The van der Waals surface area contributed by atoms with Gasteiger partial charge in [-0.2, -0.15) is 13.2 Å². The molecule has 0 fully saturated rings. The van der Waals surface area contributed by atoms with Crippen LogP contribution in [0.1, 0.15) is 16.7 Å². The van der Waals surface area contributed by atoms with Gasteiger partial charge in [-0.15, -0.1) is 0 Å². The van der Waals surface area contributed by atoms with E-state index in [2.05, 4.69) is 0 Å². The van der Waals surface area contributed by atoms with E-state index in [0.29, 0.717) is 16.9 Å². The largest absolute Gasteiger partial charge is 0.496 e. The SMILES string of the molecule is COc1cc(C)c(S(=O)(=O)Nc2ccccc2C(F)(F)F)cc1C. The van der Waals surface area contributed by atoms with Crippen LogP contribution in [-0.4, -0.2) is 15.5 Å². The highest BCUT2D eigenvalue weighted by atomic mass is 32.2. The molecular weight excluding hydrogens is 343 g/mol. The smallest absolute Gasteiger partial charge is 0.418 e. The zero-order valence-electron chi connectivity index (χ0n) is 13.2. The lowest BCUT2D eigenvalue weighted by Gasteiger charge is -2.16. The molecule has 0 saturated carbocycles. The van der Waals surface area contributed by atoms with Crippen molar-refractivity contribution in [1.29, 1.82) is 0 Å². The molecule has 130 valence electrons. The van der Waals surface area contributed by atoms with Gasteiger partial charge in [0.2, 0.25) is 0 Å². The van der Waals surface area contributed by atoms with Crippen molar-refractivity contribution in [3.8, 4) is 5.75 Å². The Morgan fingerprint density at radius 2 is 1.67 bits per heavy atom. The third kappa shape index (κ3) is 3.64. The van der Waals surface area contributed by atoms with Crippen LogP contribution in [0.2, 0.25) is 0 Å². The number of aryl methyl sites for hydroxylation is 2. The van der Waals surface area contributed by atoms with Crippen molar-refractivity contribution in [3.05, 3.63) is 53.1 Å². The number of alkyl halides is 3. The Labute approximate surface area is 138 Å². The lowest BCUT2D eigenvalue weighted by atomic mass is 10.1. The second-order valence-electron chi connectivity index (χ2n) is 5.24. The van der Waals surface area contributed by atoms with Crippen molar-refractivity contribution in [1.82, 2.24) is 0 Å². The zero-order valence-corrected chi connectivity index (χ0v) is 14.0. The molecular formula is C16H16F3NO3S. The van der Waals surface area contributed by atoms with Gasteiger partial charge in [-0.05, 0) is 49.2 Å². The summed E-state index contributed by atoms with van der Waals surface area (Å²) in [6.45, 7) is 3.20. The summed E-state index contributed by atoms with van der Waals surface area (Å²) >= 11 is 0. The summed E-state index contributed by atoms with van der Waals surface area (Å²) in [5.74, 6) is 0.502. The molecule has 0 unspecified atom stereocenters. The van der Waals surface area contributed by atoms with Crippen molar-refractivity contribution >= 4 is 15.7 Å². The molecule has 8 heteroatoms. The normalized spacial score (nSPS) is 12.1. The van der Waals surface area contributed by atoms with Gasteiger partial charge in [-0.3, -0.25) is 4.72 Å². The molecule has 0 bridgehead atoms. The van der Waals surface area contributed by atoms with Gasteiger partial charge in [-0.1, -0.05) is 12.1 Å². The number of halogens is 3. The molecule has 4 nitrogen and oxygen atoms in total. The Bertz CT molecular complexity index is 861. The van der Waals surface area contributed by atoms with E-state index in [-0.39, 0.29) is 4.90 Å². The van der Waals surface area contributed by atoms with E-state index in [0.717, 1.165) is 12.1 Å². The molecule has 24 heavy (non-hydrogen) atoms. The Kier molecular flexibility index (Phi) is 4.80. The fourth-order valence-electron chi connectivity index (χ4n) is 2.29. The molecule has 2 aromatic rings. The first-order valence-corrected chi connectivity index (χ1v) is 8.39. The summed E-state index contributed by atoms with van der Waals surface area (Å²) < 4.78 is 71.3. The maximum atomic E-state index is 13.0. The molecule has 0 saturated heterocycles. The second kappa shape index (κ2) is 6.35. The van der Waals surface area contributed by atoms with Crippen LogP contribution in [0.15, 0.2) is 41.3 Å². The fourth-order valence-corrected chi connectivity index (χ4v) is 3.68. The number of methoxy groups -OCH3 is 1. The highest BCUT2D eigenvalue weighted by Gasteiger charge is 2.34. The number of nitrogens with one attached hydrogen (secondary N) is 1. The topological polar surface area (TPSA) is 55.4 Å². The summed E-state index contributed by atoms with van der Waals surface area (Å²) in [4.78, 5) is -0.0993. The van der Waals surface area contributed by atoms with Crippen LogP contribution in [0.5, 0.6) is 5.75 Å². The quantitative estimate of drug-likeness (QED) is 0.893. The predicted octanol–water partition coefficient (Wildman–Crippen LogP) is 4.13. The number of hydrogen-bond acceptors (Lipinski definition) is 3. The molecule has 0 spiro atoms. The molecule has 0 radical (unpaired) electrons. The zero-order chi connectivity index (χ0) is 18.1. The Morgan fingerprint density at radius 3 is 2.25 bits per heavy atom. The molecule has 0 amide bonds. The third-order valence-corrected chi connectivity index (χ3v) is 4.97. The number of hydrogen-bond donors (Lipinski definition) is 1. The monoisotopic (exact) mass is 359 g/mol. The van der Waals surface area contributed by atoms with Crippen LogP contribution in [0.25, 0.3) is 0 Å². The number of rotatable bonds is 4. The van der Waals surface area contributed by atoms with Crippen LogP contribution in [0.4, 0.5) is 18.9 Å². The minimum atomic E-state index is -4.66. The Balaban J connectivity index is 2.50. The van der Waals surface area contributed by atoms with Crippen molar-refractivity contribution in [2.75, 3.05) is 11.8 Å². The van der Waals surface area contributed by atoms with E-state index in [1.807, 2.05) is 4.72 Å². The minimum Gasteiger partial charge on any atom is -0.496 e. The van der Waals surface area contributed by atoms with Crippen LogP contribution >= 0.6 is 0 Å². The van der Waals surface area contributed by atoms with Gasteiger partial charge >= 0.3 is 6.18 Å². The van der Waals surface area contributed by atoms with E-state index in [1.54, 1.807) is 13.8 Å². The van der Waals surface area contributed by atoms with Crippen LogP contribution in [-0.2, 0) is 16.2 Å². The number of anilines is 1. The standard InChI is InChI=1S/C16H16F3NO3S/c1-10-9-15(11(2)8-14(10)23-3)24(21,22)20-13-7-5-4-6-12(13)16(17,18)19/h4-9,20H,1-3H3. The van der Waals surface area contributed by atoms with Crippen molar-refractivity contribution < 1.29 is 26.3 Å². The highest BCUT2D eigenvalue weighted by Crippen LogP contribution is 2.36. The molecule has 0 aliphatic heterocycles. The van der Waals surface area contributed by atoms with Gasteiger partial charge in [0.1, 0.15) is 5.75 Å². The third-order valence-electron chi connectivity index (χ3n) is 3.46. The number of ether oxygens (including phenoxy) is 1. The van der Waals surface area contributed by atoms with Gasteiger partial charge in [0.05, 0.1) is 23.3 Å². The molecule has 0 aromatic heterocycles. The summed E-state index contributed by atoms with van der Waals surface area (Å²) in [6.07, 6.45) is -4.66. The average Bonchev–Trinajstić information content (AvgIpc) is 2.48. The van der Waals surface area contributed by atoms with Crippen molar-refractivity contribution in [3.63, 3.8) is 0 Å². The molecule has 0 heterocycles. The van der Waals surface area contributed by atoms with Crippen LogP contribution in [0.3, 0.4) is 0 Å². The molecule has 0 aliphatic carbocycles. The predicted molar refractivity (Wildman–Crippen MR) is 84.7 cm³/mol.